The molecule has 0 spiro atoms. The molecule has 1 amide bonds. The van der Waals surface area contributed by atoms with Crippen LogP contribution in [0.1, 0.15) is 39.8 Å². The maximum absolute atomic E-state index is 11.6. The Morgan fingerprint density at radius 1 is 1.50 bits per heavy atom. The molecule has 1 rings (SSSR count). The topological polar surface area (TPSA) is 91.7 Å². The van der Waals surface area contributed by atoms with E-state index < -0.39 is 11.7 Å². The number of nitrogens with zero attached hydrogens (tertiary/aromatic N) is 3. The Morgan fingerprint density at radius 2 is 2.15 bits per heavy atom. The number of ether oxygens (including phenoxy) is 2. The van der Waals surface area contributed by atoms with Crippen LogP contribution in [-0.4, -0.2) is 33.9 Å². The Balaban J connectivity index is 2.81. The predicted octanol–water partition coefficient (Wildman–Crippen LogP) is 1.85. The maximum atomic E-state index is 11.6. The average molecular weight is 282 g/mol. The highest BCUT2D eigenvalue weighted by Gasteiger charge is 2.17. The summed E-state index contributed by atoms with van der Waals surface area (Å²) in [5, 5.41) is 4.14. The molecule has 0 aliphatic rings. The summed E-state index contributed by atoms with van der Waals surface area (Å²) in [6.45, 7) is 7.87. The number of amidine groups is 1. The second kappa shape index (κ2) is 6.40. The molecule has 0 aliphatic carbocycles. The molecule has 0 saturated heterocycles. The van der Waals surface area contributed by atoms with Crippen molar-refractivity contribution in [1.29, 1.82) is 0 Å². The third-order valence-corrected chi connectivity index (χ3v) is 2.16. The first-order chi connectivity index (χ1) is 9.23. The molecule has 0 saturated carbocycles. The number of nitrogens with two attached hydrogens (primary N) is 1. The van der Waals surface area contributed by atoms with Gasteiger partial charge >= 0.3 is 6.09 Å². The van der Waals surface area contributed by atoms with Crippen LogP contribution < -0.4 is 10.5 Å². The summed E-state index contributed by atoms with van der Waals surface area (Å²) in [5.74, 6) is 0.574. The van der Waals surface area contributed by atoms with Crippen molar-refractivity contribution in [2.75, 3.05) is 6.61 Å². The lowest BCUT2D eigenvalue weighted by Crippen LogP contribution is -2.24. The van der Waals surface area contributed by atoms with Gasteiger partial charge in [0, 0.05) is 13.1 Å². The van der Waals surface area contributed by atoms with Crippen LogP contribution in [-0.2, 0) is 11.8 Å². The number of rotatable bonds is 4. The maximum Gasteiger partial charge on any atom is 0.436 e. The molecular weight excluding hydrogens is 260 g/mol. The third kappa shape index (κ3) is 4.91. The molecule has 0 aliphatic heterocycles. The first-order valence-corrected chi connectivity index (χ1v) is 6.47. The van der Waals surface area contributed by atoms with Crippen molar-refractivity contribution >= 4 is 11.9 Å². The van der Waals surface area contributed by atoms with Crippen molar-refractivity contribution in [3.63, 3.8) is 0 Å². The highest BCUT2D eigenvalue weighted by molar-refractivity contribution is 6.01. The fourth-order valence-electron chi connectivity index (χ4n) is 1.36. The number of carbonyl (C=O) groups is 1. The second-order valence-electron chi connectivity index (χ2n) is 5.32. The Bertz CT molecular complexity index is 500. The summed E-state index contributed by atoms with van der Waals surface area (Å²) in [4.78, 5) is 15.2. The summed E-state index contributed by atoms with van der Waals surface area (Å²) < 4.78 is 12.1. The van der Waals surface area contributed by atoms with Gasteiger partial charge in [0.1, 0.15) is 11.3 Å². The molecule has 20 heavy (non-hydrogen) atoms. The molecule has 0 fully saturated rings. The fraction of sp³-hybridized carbons (Fsp3) is 0.615. The van der Waals surface area contributed by atoms with E-state index in [1.165, 1.54) is 0 Å². The number of aromatic nitrogens is 2. The summed E-state index contributed by atoms with van der Waals surface area (Å²) in [6.07, 6.45) is 0.152. The standard InChI is InChI=1S/C13H22N4O3/c1-6-7-19-10-8-9(16-17(10)5)11(14)15-12(18)20-13(2,3)4/h8H,6-7H2,1-5H3,(H2,14,15,18). The largest absolute Gasteiger partial charge is 0.478 e. The summed E-state index contributed by atoms with van der Waals surface area (Å²) >= 11 is 0. The first kappa shape index (κ1) is 16.0. The van der Waals surface area contributed by atoms with Crippen LogP contribution in [0.5, 0.6) is 5.88 Å². The molecule has 0 atom stereocenters. The number of hydrogen-bond acceptors (Lipinski definition) is 4. The number of aliphatic imine (C=N–C) groups is 1. The fourth-order valence-corrected chi connectivity index (χ4v) is 1.36. The lowest BCUT2D eigenvalue weighted by molar-refractivity contribution is 0.0604. The Morgan fingerprint density at radius 3 is 2.70 bits per heavy atom. The zero-order valence-electron chi connectivity index (χ0n) is 12.6. The monoisotopic (exact) mass is 282 g/mol. The summed E-state index contributed by atoms with van der Waals surface area (Å²) in [7, 11) is 1.73. The second-order valence-corrected chi connectivity index (χ2v) is 5.32. The van der Waals surface area contributed by atoms with E-state index >= 15 is 0 Å². The molecule has 7 nitrogen and oxygen atoms in total. The van der Waals surface area contributed by atoms with Crippen LogP contribution in [0, 0.1) is 0 Å². The van der Waals surface area contributed by atoms with E-state index in [9.17, 15) is 4.79 Å². The van der Waals surface area contributed by atoms with Gasteiger partial charge in [-0.2, -0.15) is 10.1 Å². The van der Waals surface area contributed by atoms with E-state index in [2.05, 4.69) is 10.1 Å². The van der Waals surface area contributed by atoms with E-state index in [4.69, 9.17) is 15.2 Å². The Kier molecular flexibility index (Phi) is 5.12. The molecule has 1 aromatic heterocycles. The van der Waals surface area contributed by atoms with Gasteiger partial charge in [-0.05, 0) is 27.2 Å². The molecule has 112 valence electrons. The number of amides is 1. The van der Waals surface area contributed by atoms with Crippen LogP contribution in [0.15, 0.2) is 11.1 Å². The van der Waals surface area contributed by atoms with Crippen LogP contribution in [0.4, 0.5) is 4.79 Å². The minimum Gasteiger partial charge on any atom is -0.478 e. The normalized spacial score (nSPS) is 12.3. The Labute approximate surface area is 118 Å². The van der Waals surface area contributed by atoms with E-state index in [-0.39, 0.29) is 5.84 Å². The lowest BCUT2D eigenvalue weighted by Gasteiger charge is -2.17. The number of hydrogen-bond donors (Lipinski definition) is 1. The predicted molar refractivity (Wildman–Crippen MR) is 76.0 cm³/mol. The van der Waals surface area contributed by atoms with Gasteiger partial charge in [0.15, 0.2) is 5.84 Å². The minimum absolute atomic E-state index is 0.00111. The van der Waals surface area contributed by atoms with Gasteiger partial charge in [-0.15, -0.1) is 0 Å². The molecule has 0 radical (unpaired) electrons. The van der Waals surface area contributed by atoms with Crippen molar-refractivity contribution in [2.45, 2.75) is 39.7 Å². The zero-order valence-corrected chi connectivity index (χ0v) is 12.6. The molecule has 0 aromatic carbocycles. The highest BCUT2D eigenvalue weighted by Crippen LogP contribution is 2.13. The van der Waals surface area contributed by atoms with E-state index in [0.717, 1.165) is 6.42 Å². The van der Waals surface area contributed by atoms with Gasteiger partial charge in [-0.3, -0.25) is 0 Å². The molecular formula is C13H22N4O3. The molecule has 7 heteroatoms. The average Bonchev–Trinajstić information content (AvgIpc) is 2.65. The van der Waals surface area contributed by atoms with Crippen LogP contribution in [0.2, 0.25) is 0 Å². The number of aryl methyl sites for hydroxylation is 1. The van der Waals surface area contributed by atoms with Crippen molar-refractivity contribution < 1.29 is 14.3 Å². The van der Waals surface area contributed by atoms with Crippen molar-refractivity contribution in [3.05, 3.63) is 11.8 Å². The Hall–Kier alpha value is -2.05. The van der Waals surface area contributed by atoms with Crippen molar-refractivity contribution in [3.8, 4) is 5.88 Å². The molecule has 0 bridgehead atoms. The van der Waals surface area contributed by atoms with Gasteiger partial charge in [-0.25, -0.2) is 9.48 Å². The van der Waals surface area contributed by atoms with Gasteiger partial charge in [0.2, 0.25) is 5.88 Å². The lowest BCUT2D eigenvalue weighted by atomic mass is 10.2. The highest BCUT2D eigenvalue weighted by atomic mass is 16.6. The van der Waals surface area contributed by atoms with Crippen molar-refractivity contribution in [2.24, 2.45) is 17.8 Å². The minimum atomic E-state index is -0.739. The van der Waals surface area contributed by atoms with Crippen LogP contribution >= 0.6 is 0 Å². The molecule has 0 unspecified atom stereocenters. The SMILES string of the molecule is CCCOc1cc(C(N)=NC(=O)OC(C)(C)C)nn1C. The first-order valence-electron chi connectivity index (χ1n) is 6.47. The van der Waals surface area contributed by atoms with Gasteiger partial charge in [-0.1, -0.05) is 6.92 Å². The summed E-state index contributed by atoms with van der Waals surface area (Å²) in [5.41, 5.74) is 5.51. The van der Waals surface area contributed by atoms with Gasteiger partial charge in [0.05, 0.1) is 6.61 Å². The van der Waals surface area contributed by atoms with E-state index in [1.807, 2.05) is 6.92 Å². The van der Waals surface area contributed by atoms with E-state index in [0.29, 0.717) is 18.2 Å². The quantitative estimate of drug-likeness (QED) is 0.672. The van der Waals surface area contributed by atoms with E-state index in [1.54, 1.807) is 38.6 Å². The summed E-state index contributed by atoms with van der Waals surface area (Å²) in [6, 6.07) is 1.64. The van der Waals surface area contributed by atoms with Gasteiger partial charge in [0.25, 0.3) is 0 Å². The van der Waals surface area contributed by atoms with Crippen LogP contribution in [0.3, 0.4) is 0 Å². The third-order valence-electron chi connectivity index (χ3n) is 2.16. The van der Waals surface area contributed by atoms with Crippen LogP contribution in [0.25, 0.3) is 0 Å². The molecule has 1 heterocycles. The molecule has 1 aromatic rings. The number of carbonyl (C=O) groups excluding carboxylic acids is 1. The molecule has 2 N–H and O–H groups in total. The smallest absolute Gasteiger partial charge is 0.436 e. The van der Waals surface area contributed by atoms with Crippen molar-refractivity contribution in [1.82, 2.24) is 9.78 Å². The zero-order chi connectivity index (χ0) is 15.3. The van der Waals surface area contributed by atoms with Gasteiger partial charge < -0.3 is 15.2 Å².